The zero-order chi connectivity index (χ0) is 25.3. The molecule has 3 saturated carbocycles. The Kier molecular flexibility index (Phi) is 6.15. The number of halogens is 1. The highest BCUT2D eigenvalue weighted by Gasteiger charge is 2.53. The molecule has 2 heterocycles. The van der Waals surface area contributed by atoms with E-state index in [1.807, 2.05) is 0 Å². The zero-order valence-electron chi connectivity index (χ0n) is 19.9. The van der Waals surface area contributed by atoms with Crippen molar-refractivity contribution in [2.45, 2.75) is 45.1 Å². The van der Waals surface area contributed by atoms with Gasteiger partial charge in [0.05, 0.1) is 12.5 Å². The van der Waals surface area contributed by atoms with Crippen LogP contribution in [0.1, 0.15) is 65.1 Å². The first-order valence-electron chi connectivity index (χ1n) is 11.9. The van der Waals surface area contributed by atoms with Crippen molar-refractivity contribution in [2.24, 2.45) is 10.8 Å². The van der Waals surface area contributed by atoms with Crippen molar-refractivity contribution in [3.8, 4) is 0 Å². The fraction of sp³-hybridized carbons (Fsp3) is 0.440. The van der Waals surface area contributed by atoms with Crippen molar-refractivity contribution in [3.63, 3.8) is 0 Å². The number of fused-ring (bicyclic) bond motifs is 4. The first kappa shape index (κ1) is 23.8. The Balaban J connectivity index is 1.27. The minimum absolute atomic E-state index is 0.0270. The molecule has 3 aromatic rings. The molecule has 0 saturated heterocycles. The van der Waals surface area contributed by atoms with Crippen LogP contribution in [-0.4, -0.2) is 51.0 Å². The average molecular weight is 495 g/mol. The summed E-state index contributed by atoms with van der Waals surface area (Å²) in [5.41, 5.74) is 0.460. The van der Waals surface area contributed by atoms with Gasteiger partial charge in [-0.25, -0.2) is 9.37 Å². The van der Waals surface area contributed by atoms with Gasteiger partial charge in [0.15, 0.2) is 0 Å². The van der Waals surface area contributed by atoms with E-state index in [0.717, 1.165) is 44.1 Å². The molecule has 2 amide bonds. The van der Waals surface area contributed by atoms with Crippen molar-refractivity contribution >= 4 is 23.6 Å². The van der Waals surface area contributed by atoms with Crippen LogP contribution >= 0.6 is 0 Å². The maximum absolute atomic E-state index is 13.2. The van der Waals surface area contributed by atoms with Gasteiger partial charge in [0.2, 0.25) is 0 Å². The van der Waals surface area contributed by atoms with Gasteiger partial charge in [0.25, 0.3) is 17.6 Å². The molecular formula is C25H27FN6O4. The molecule has 11 heteroatoms. The van der Waals surface area contributed by atoms with Gasteiger partial charge < -0.3 is 15.4 Å². The van der Waals surface area contributed by atoms with Gasteiger partial charge in [-0.1, -0.05) is 12.1 Å². The zero-order valence-corrected chi connectivity index (χ0v) is 19.9. The molecule has 0 aliphatic heterocycles. The van der Waals surface area contributed by atoms with Gasteiger partial charge >= 0.3 is 5.97 Å². The topological polar surface area (TPSA) is 128 Å². The number of carbonyl (C=O) groups excluding carboxylic acids is 3. The van der Waals surface area contributed by atoms with Crippen LogP contribution in [0, 0.1) is 16.6 Å². The number of esters is 1. The Bertz CT molecular complexity index is 1300. The van der Waals surface area contributed by atoms with E-state index in [0.29, 0.717) is 6.54 Å². The van der Waals surface area contributed by atoms with Gasteiger partial charge in [-0.2, -0.15) is 14.6 Å². The summed E-state index contributed by atoms with van der Waals surface area (Å²) in [5, 5.41) is 9.83. The first-order valence-corrected chi connectivity index (χ1v) is 11.9. The summed E-state index contributed by atoms with van der Waals surface area (Å²) < 4.78 is 19.4. The Hall–Kier alpha value is -3.89. The van der Waals surface area contributed by atoms with Crippen LogP contribution in [0.2, 0.25) is 0 Å². The minimum Gasteiger partial charge on any atom is -0.469 e. The highest BCUT2D eigenvalue weighted by molar-refractivity contribution is 5.98. The van der Waals surface area contributed by atoms with E-state index in [-0.39, 0.29) is 52.2 Å². The third-order valence-corrected chi connectivity index (χ3v) is 7.73. The van der Waals surface area contributed by atoms with Gasteiger partial charge in [0, 0.05) is 19.2 Å². The van der Waals surface area contributed by atoms with Crippen molar-refractivity contribution < 1.29 is 23.5 Å². The van der Waals surface area contributed by atoms with Crippen LogP contribution in [0.15, 0.2) is 36.7 Å². The molecule has 3 fully saturated rings. The second-order valence-electron chi connectivity index (χ2n) is 9.76. The molecule has 36 heavy (non-hydrogen) atoms. The molecule has 3 aliphatic carbocycles. The summed E-state index contributed by atoms with van der Waals surface area (Å²) in [6.07, 6.45) is 6.08. The SMILES string of the molecule is COC(=O)C12CCC(CNC(=O)c3cc(C(=O)NCc4ccc(F)cc4)nc4ncnn34)(CC1)CC2. The minimum atomic E-state index is -0.490. The number of hydrogen-bond acceptors (Lipinski definition) is 7. The molecule has 0 atom stereocenters. The third-order valence-electron chi connectivity index (χ3n) is 7.73. The van der Waals surface area contributed by atoms with E-state index in [1.54, 1.807) is 12.1 Å². The molecule has 0 unspecified atom stereocenters. The normalized spacial score (nSPS) is 22.8. The average Bonchev–Trinajstić information content (AvgIpc) is 3.40. The van der Waals surface area contributed by atoms with Crippen LogP contribution < -0.4 is 10.6 Å². The predicted molar refractivity (Wildman–Crippen MR) is 125 cm³/mol. The fourth-order valence-electron chi connectivity index (χ4n) is 5.37. The number of nitrogens with zero attached hydrogens (tertiary/aromatic N) is 4. The van der Waals surface area contributed by atoms with Crippen LogP contribution in [0.5, 0.6) is 0 Å². The number of rotatable bonds is 7. The second kappa shape index (κ2) is 9.29. The maximum atomic E-state index is 13.2. The van der Waals surface area contributed by atoms with Crippen LogP contribution in [0.4, 0.5) is 4.39 Å². The van der Waals surface area contributed by atoms with E-state index in [9.17, 15) is 18.8 Å². The lowest BCUT2D eigenvalue weighted by Gasteiger charge is -2.51. The maximum Gasteiger partial charge on any atom is 0.311 e. The number of methoxy groups -OCH3 is 1. The molecule has 10 nitrogen and oxygen atoms in total. The standard InChI is InChI=1S/C25H27FN6O4/c1-36-22(35)25-9-6-24(7-10-25,8-11-25)14-28-21(34)19-12-18(31-23-29-15-30-32(19)23)20(33)27-13-16-2-4-17(26)5-3-16/h2-5,12,15H,6-11,13-14H2,1H3,(H,27,33)(H,28,34). The number of aromatic nitrogens is 4. The Labute approximate surface area is 206 Å². The van der Waals surface area contributed by atoms with Gasteiger partial charge in [-0.15, -0.1) is 0 Å². The lowest BCUT2D eigenvalue weighted by Crippen LogP contribution is -2.50. The molecule has 188 valence electrons. The predicted octanol–water partition coefficient (Wildman–Crippen LogP) is 2.44. The van der Waals surface area contributed by atoms with Gasteiger partial charge in [0.1, 0.15) is 23.5 Å². The van der Waals surface area contributed by atoms with Gasteiger partial charge in [-0.05, 0) is 61.6 Å². The number of ether oxygens (including phenoxy) is 1. The number of benzene rings is 1. The highest BCUT2D eigenvalue weighted by Crippen LogP contribution is 2.57. The van der Waals surface area contributed by atoms with E-state index in [4.69, 9.17) is 4.74 Å². The van der Waals surface area contributed by atoms with E-state index in [2.05, 4.69) is 25.7 Å². The smallest absolute Gasteiger partial charge is 0.311 e. The second-order valence-corrected chi connectivity index (χ2v) is 9.76. The molecule has 2 aromatic heterocycles. The summed E-state index contributed by atoms with van der Waals surface area (Å²) in [5.74, 6) is -1.23. The molecule has 0 spiro atoms. The number of amides is 2. The van der Waals surface area contributed by atoms with Crippen LogP contribution in [-0.2, 0) is 16.1 Å². The molecule has 6 rings (SSSR count). The van der Waals surface area contributed by atoms with Crippen molar-refractivity contribution in [2.75, 3.05) is 13.7 Å². The highest BCUT2D eigenvalue weighted by atomic mass is 19.1. The number of hydrogen-bond donors (Lipinski definition) is 2. The Morgan fingerprint density at radius 2 is 1.72 bits per heavy atom. The largest absolute Gasteiger partial charge is 0.469 e. The lowest BCUT2D eigenvalue weighted by atomic mass is 9.53. The molecule has 3 aliphatic rings. The lowest BCUT2D eigenvalue weighted by molar-refractivity contribution is -0.162. The number of nitrogens with one attached hydrogen (secondary N) is 2. The van der Waals surface area contributed by atoms with Crippen molar-refractivity contribution in [1.29, 1.82) is 0 Å². The summed E-state index contributed by atoms with van der Waals surface area (Å²) in [6.45, 7) is 0.642. The fourth-order valence-corrected chi connectivity index (χ4v) is 5.37. The summed E-state index contributed by atoms with van der Waals surface area (Å²) in [7, 11) is 1.44. The molecule has 2 N–H and O–H groups in total. The quantitative estimate of drug-likeness (QED) is 0.483. The Morgan fingerprint density at radius 1 is 1.03 bits per heavy atom. The van der Waals surface area contributed by atoms with Crippen molar-refractivity contribution in [1.82, 2.24) is 30.2 Å². The summed E-state index contributed by atoms with van der Waals surface area (Å²) >= 11 is 0. The first-order chi connectivity index (χ1) is 17.3. The summed E-state index contributed by atoms with van der Waals surface area (Å²) in [4.78, 5) is 46.5. The van der Waals surface area contributed by atoms with Gasteiger partial charge in [-0.3, -0.25) is 14.4 Å². The Morgan fingerprint density at radius 3 is 2.39 bits per heavy atom. The molecule has 1 aromatic carbocycles. The molecule has 2 bridgehead atoms. The van der Waals surface area contributed by atoms with Crippen LogP contribution in [0.3, 0.4) is 0 Å². The number of carbonyl (C=O) groups is 3. The van der Waals surface area contributed by atoms with E-state index in [1.165, 1.54) is 36.2 Å². The summed E-state index contributed by atoms with van der Waals surface area (Å²) in [6, 6.07) is 7.18. The third kappa shape index (κ3) is 4.40. The van der Waals surface area contributed by atoms with E-state index < -0.39 is 5.91 Å². The monoisotopic (exact) mass is 494 g/mol. The molecular weight excluding hydrogens is 467 g/mol. The molecule has 0 radical (unpaired) electrons. The van der Waals surface area contributed by atoms with Crippen molar-refractivity contribution in [3.05, 3.63) is 59.4 Å². The van der Waals surface area contributed by atoms with Crippen LogP contribution in [0.25, 0.3) is 5.78 Å². The van der Waals surface area contributed by atoms with E-state index >= 15 is 0 Å².